The van der Waals surface area contributed by atoms with E-state index < -0.39 is 0 Å². The van der Waals surface area contributed by atoms with E-state index in [4.69, 9.17) is 22.1 Å². The van der Waals surface area contributed by atoms with Crippen molar-refractivity contribution in [3.63, 3.8) is 0 Å². The second-order valence-corrected chi connectivity index (χ2v) is 5.85. The van der Waals surface area contributed by atoms with E-state index in [9.17, 15) is 0 Å². The Hall–Kier alpha value is -1.10. The normalized spacial score (nSPS) is 12.4. The van der Waals surface area contributed by atoms with Gasteiger partial charge in [-0.05, 0) is 25.0 Å². The van der Waals surface area contributed by atoms with Gasteiger partial charge in [-0.25, -0.2) is 4.98 Å². The van der Waals surface area contributed by atoms with Crippen molar-refractivity contribution < 1.29 is 4.74 Å². The number of halogens is 1. The number of thiazole rings is 1. The molecule has 2 aromatic rings. The number of hydrogen-bond acceptors (Lipinski definition) is 4. The van der Waals surface area contributed by atoms with Crippen molar-refractivity contribution in [3.8, 4) is 5.75 Å². The van der Waals surface area contributed by atoms with Crippen LogP contribution in [-0.2, 0) is 13.0 Å². The smallest absolute Gasteiger partial charge is 0.183 e. The molecule has 1 aromatic carbocycles. The third kappa shape index (κ3) is 3.70. The van der Waals surface area contributed by atoms with Gasteiger partial charge >= 0.3 is 0 Å². The van der Waals surface area contributed by atoms with Crippen LogP contribution < -0.4 is 10.5 Å². The Kier molecular flexibility index (Phi) is 4.58. The summed E-state index contributed by atoms with van der Waals surface area (Å²) in [5, 5.41) is 0. The molecule has 3 nitrogen and oxygen atoms in total. The molecular formula is C13H15ClN2OS. The van der Waals surface area contributed by atoms with Crippen molar-refractivity contribution in [2.45, 2.75) is 26.0 Å². The van der Waals surface area contributed by atoms with Gasteiger partial charge in [0.15, 0.2) is 4.47 Å². The first kappa shape index (κ1) is 13.3. The van der Waals surface area contributed by atoms with E-state index in [2.05, 4.69) is 4.98 Å². The maximum atomic E-state index is 5.82. The summed E-state index contributed by atoms with van der Waals surface area (Å²) in [4.78, 5) is 4.99. The minimum absolute atomic E-state index is 0.118. The maximum absolute atomic E-state index is 5.82. The van der Waals surface area contributed by atoms with Crippen LogP contribution in [0.5, 0.6) is 5.75 Å². The van der Waals surface area contributed by atoms with Gasteiger partial charge in [0.2, 0.25) is 0 Å². The van der Waals surface area contributed by atoms with Gasteiger partial charge in [0.05, 0.1) is 4.88 Å². The molecule has 1 atom stereocenters. The minimum atomic E-state index is 0.118. The zero-order valence-electron chi connectivity index (χ0n) is 10.1. The lowest BCUT2D eigenvalue weighted by molar-refractivity contribution is 0.305. The van der Waals surface area contributed by atoms with Gasteiger partial charge in [0, 0.05) is 12.2 Å². The molecular weight excluding hydrogens is 268 g/mol. The molecule has 0 aliphatic carbocycles. The van der Waals surface area contributed by atoms with E-state index in [1.165, 1.54) is 11.3 Å². The lowest BCUT2D eigenvalue weighted by Crippen LogP contribution is -2.18. The molecule has 1 heterocycles. The summed E-state index contributed by atoms with van der Waals surface area (Å²) in [6.07, 6.45) is 2.54. The van der Waals surface area contributed by atoms with Gasteiger partial charge in [0.1, 0.15) is 12.4 Å². The number of nitrogens with two attached hydrogens (primary N) is 1. The molecule has 2 rings (SSSR count). The Morgan fingerprint density at radius 2 is 2.22 bits per heavy atom. The number of ether oxygens (including phenoxy) is 1. The average molecular weight is 283 g/mol. The Morgan fingerprint density at radius 1 is 1.44 bits per heavy atom. The maximum Gasteiger partial charge on any atom is 0.183 e. The molecule has 0 fully saturated rings. The molecule has 96 valence electrons. The highest BCUT2D eigenvalue weighted by atomic mass is 35.5. The number of para-hydroxylation sites is 1. The molecule has 0 aliphatic heterocycles. The number of benzene rings is 1. The second kappa shape index (κ2) is 6.18. The number of rotatable bonds is 5. The van der Waals surface area contributed by atoms with Crippen molar-refractivity contribution in [3.05, 3.63) is 45.4 Å². The van der Waals surface area contributed by atoms with Crippen LogP contribution in [0, 0.1) is 0 Å². The first-order chi connectivity index (χ1) is 8.65. The monoisotopic (exact) mass is 282 g/mol. The third-order valence-corrected chi connectivity index (χ3v) is 3.50. The quantitative estimate of drug-likeness (QED) is 0.916. The van der Waals surface area contributed by atoms with Crippen LogP contribution in [0.25, 0.3) is 0 Å². The van der Waals surface area contributed by atoms with E-state index in [1.807, 2.05) is 31.2 Å². The van der Waals surface area contributed by atoms with Crippen LogP contribution in [0.1, 0.15) is 17.4 Å². The first-order valence-corrected chi connectivity index (χ1v) is 6.91. The number of hydrogen-bond donors (Lipinski definition) is 1. The topological polar surface area (TPSA) is 48.1 Å². The van der Waals surface area contributed by atoms with E-state index in [-0.39, 0.29) is 6.04 Å². The summed E-state index contributed by atoms with van der Waals surface area (Å²) in [5.41, 5.74) is 6.95. The average Bonchev–Trinajstić information content (AvgIpc) is 2.73. The fourth-order valence-electron chi connectivity index (χ4n) is 1.66. The number of aromatic nitrogens is 1. The molecule has 0 aliphatic rings. The Labute approximate surface area is 116 Å². The zero-order valence-corrected chi connectivity index (χ0v) is 11.7. The zero-order chi connectivity index (χ0) is 13.0. The highest BCUT2D eigenvalue weighted by Gasteiger charge is 2.06. The lowest BCUT2D eigenvalue weighted by atomic mass is 10.1. The minimum Gasteiger partial charge on any atom is -0.488 e. The number of nitrogens with zero attached hydrogens (tertiary/aromatic N) is 1. The van der Waals surface area contributed by atoms with Gasteiger partial charge in [-0.2, -0.15) is 0 Å². The molecule has 1 aromatic heterocycles. The summed E-state index contributed by atoms with van der Waals surface area (Å²) in [6, 6.07) is 8.07. The SMILES string of the molecule is CC(N)Cc1ccccc1OCc1cnc(Cl)s1. The molecule has 2 N–H and O–H groups in total. The summed E-state index contributed by atoms with van der Waals surface area (Å²) in [7, 11) is 0. The van der Waals surface area contributed by atoms with Crippen LogP contribution in [0.4, 0.5) is 0 Å². The second-order valence-electron chi connectivity index (χ2n) is 4.16. The molecule has 18 heavy (non-hydrogen) atoms. The van der Waals surface area contributed by atoms with Gasteiger partial charge < -0.3 is 10.5 Å². The van der Waals surface area contributed by atoms with Crippen molar-refractivity contribution >= 4 is 22.9 Å². The first-order valence-electron chi connectivity index (χ1n) is 5.71. The van der Waals surface area contributed by atoms with E-state index in [0.29, 0.717) is 11.1 Å². The highest BCUT2D eigenvalue weighted by Crippen LogP contribution is 2.23. The molecule has 0 bridgehead atoms. The molecule has 5 heteroatoms. The fraction of sp³-hybridized carbons (Fsp3) is 0.308. The molecule has 0 radical (unpaired) electrons. The van der Waals surface area contributed by atoms with Gasteiger partial charge in [-0.15, -0.1) is 11.3 Å². The van der Waals surface area contributed by atoms with Gasteiger partial charge in [-0.3, -0.25) is 0 Å². The largest absolute Gasteiger partial charge is 0.488 e. The van der Waals surface area contributed by atoms with E-state index in [1.54, 1.807) is 6.20 Å². The Bertz CT molecular complexity index is 513. The lowest BCUT2D eigenvalue weighted by Gasteiger charge is -2.12. The van der Waals surface area contributed by atoms with Gasteiger partial charge in [0.25, 0.3) is 0 Å². The van der Waals surface area contributed by atoms with Crippen LogP contribution in [-0.4, -0.2) is 11.0 Å². The van der Waals surface area contributed by atoms with Gasteiger partial charge in [-0.1, -0.05) is 29.8 Å². The van der Waals surface area contributed by atoms with Crippen LogP contribution in [0.3, 0.4) is 0 Å². The molecule has 0 amide bonds. The Balaban J connectivity index is 2.04. The highest BCUT2D eigenvalue weighted by molar-refractivity contribution is 7.15. The summed E-state index contributed by atoms with van der Waals surface area (Å²) < 4.78 is 6.33. The van der Waals surface area contributed by atoms with Crippen molar-refractivity contribution in [1.82, 2.24) is 4.98 Å². The predicted octanol–water partition coefficient (Wildman–Crippen LogP) is 3.27. The van der Waals surface area contributed by atoms with Crippen LogP contribution >= 0.6 is 22.9 Å². The fourth-order valence-corrected chi connectivity index (χ4v) is 2.55. The molecule has 0 saturated heterocycles. The molecule has 1 unspecified atom stereocenters. The summed E-state index contributed by atoms with van der Waals surface area (Å²) in [6.45, 7) is 2.47. The van der Waals surface area contributed by atoms with Crippen LogP contribution in [0.15, 0.2) is 30.5 Å². The summed E-state index contributed by atoms with van der Waals surface area (Å²) >= 11 is 7.21. The van der Waals surface area contributed by atoms with Crippen molar-refractivity contribution in [2.24, 2.45) is 5.73 Å². The predicted molar refractivity (Wildman–Crippen MR) is 75.3 cm³/mol. The standard InChI is InChI=1S/C13H15ClN2OS/c1-9(15)6-10-4-2-3-5-12(10)17-8-11-7-16-13(14)18-11/h2-5,7,9H,6,8,15H2,1H3. The third-order valence-electron chi connectivity index (χ3n) is 2.41. The molecule has 0 spiro atoms. The van der Waals surface area contributed by atoms with Crippen LogP contribution in [0.2, 0.25) is 4.47 Å². The molecule has 0 saturated carbocycles. The summed E-state index contributed by atoms with van der Waals surface area (Å²) in [5.74, 6) is 0.874. The van der Waals surface area contributed by atoms with Crippen molar-refractivity contribution in [2.75, 3.05) is 0 Å². The van der Waals surface area contributed by atoms with E-state index in [0.717, 1.165) is 22.6 Å². The van der Waals surface area contributed by atoms with Crippen molar-refractivity contribution in [1.29, 1.82) is 0 Å². The van der Waals surface area contributed by atoms with E-state index >= 15 is 0 Å². The Morgan fingerprint density at radius 3 is 2.89 bits per heavy atom.